The minimum atomic E-state index is -0.394. The van der Waals surface area contributed by atoms with Gasteiger partial charge in [0, 0.05) is 17.1 Å². The second kappa shape index (κ2) is 7.22. The van der Waals surface area contributed by atoms with Crippen LogP contribution in [-0.4, -0.2) is 6.73 Å². The van der Waals surface area contributed by atoms with E-state index in [1.165, 1.54) is 17.2 Å². The molecule has 0 saturated heterocycles. The van der Waals surface area contributed by atoms with E-state index in [1.54, 1.807) is 0 Å². The Morgan fingerprint density at radius 3 is 2.43 bits per heavy atom. The number of halogens is 1. The molecule has 4 nitrogen and oxygen atoms in total. The lowest BCUT2D eigenvalue weighted by Gasteiger charge is -2.32. The summed E-state index contributed by atoms with van der Waals surface area (Å²) in [6.45, 7) is 5.07. The molecule has 0 N–H and O–H groups in total. The monoisotopic (exact) mass is 417 g/mol. The van der Waals surface area contributed by atoms with Crippen molar-refractivity contribution in [3.8, 4) is 16.9 Å². The van der Waals surface area contributed by atoms with E-state index in [9.17, 15) is 4.79 Å². The Labute approximate surface area is 179 Å². The average molecular weight is 418 g/mol. The van der Waals surface area contributed by atoms with Gasteiger partial charge in [0.05, 0.1) is 17.1 Å². The fourth-order valence-electron chi connectivity index (χ4n) is 4.14. The van der Waals surface area contributed by atoms with E-state index < -0.39 is 5.63 Å². The average Bonchev–Trinajstić information content (AvgIpc) is 2.73. The number of rotatable bonds is 2. The first-order chi connectivity index (χ1) is 14.5. The van der Waals surface area contributed by atoms with Gasteiger partial charge in [0.2, 0.25) is 0 Å². The summed E-state index contributed by atoms with van der Waals surface area (Å²) >= 11 is 6.60. The van der Waals surface area contributed by atoms with Crippen molar-refractivity contribution >= 4 is 28.3 Å². The molecule has 0 aliphatic carbocycles. The van der Waals surface area contributed by atoms with Gasteiger partial charge in [0.1, 0.15) is 11.3 Å². The van der Waals surface area contributed by atoms with Gasteiger partial charge in [-0.25, -0.2) is 4.79 Å². The Morgan fingerprint density at radius 1 is 0.967 bits per heavy atom. The van der Waals surface area contributed by atoms with Gasteiger partial charge < -0.3 is 14.1 Å². The Hall–Kier alpha value is -3.24. The second-order valence-electron chi connectivity index (χ2n) is 7.71. The molecule has 1 aromatic heterocycles. The van der Waals surface area contributed by atoms with Crippen LogP contribution < -0.4 is 15.3 Å². The minimum Gasteiger partial charge on any atom is -0.471 e. The number of anilines is 1. The summed E-state index contributed by atoms with van der Waals surface area (Å²) < 4.78 is 11.7. The van der Waals surface area contributed by atoms with Gasteiger partial charge in [-0.15, -0.1) is 0 Å². The minimum absolute atomic E-state index is 0.379. The molecule has 5 heteroatoms. The summed E-state index contributed by atoms with van der Waals surface area (Å²) in [5.41, 5.74) is 6.09. The Balaban J connectivity index is 1.70. The van der Waals surface area contributed by atoms with Gasteiger partial charge in [-0.05, 0) is 54.3 Å². The van der Waals surface area contributed by atoms with Gasteiger partial charge in [-0.1, -0.05) is 48.0 Å². The molecule has 2 heterocycles. The zero-order valence-corrected chi connectivity index (χ0v) is 17.5. The first-order valence-electron chi connectivity index (χ1n) is 9.80. The van der Waals surface area contributed by atoms with Crippen LogP contribution >= 0.6 is 11.6 Å². The van der Waals surface area contributed by atoms with Gasteiger partial charge >= 0.3 is 5.63 Å². The van der Waals surface area contributed by atoms with E-state index in [0.717, 1.165) is 27.8 Å². The normalized spacial score (nSPS) is 13.2. The molecule has 0 spiro atoms. The third-order valence-electron chi connectivity index (χ3n) is 5.41. The van der Waals surface area contributed by atoms with Crippen molar-refractivity contribution in [1.82, 2.24) is 0 Å². The molecule has 5 rings (SSSR count). The number of aryl methyl sites for hydroxylation is 2. The summed E-state index contributed by atoms with van der Waals surface area (Å²) in [7, 11) is 0. The molecule has 150 valence electrons. The van der Waals surface area contributed by atoms with Crippen molar-refractivity contribution in [2.24, 2.45) is 0 Å². The number of ether oxygens (including phenoxy) is 1. The van der Waals surface area contributed by atoms with E-state index in [1.807, 2.05) is 36.4 Å². The van der Waals surface area contributed by atoms with Crippen LogP contribution in [0.2, 0.25) is 5.02 Å². The maximum atomic E-state index is 12.4. The standard InChI is InChI=1S/C25H20ClNO3/c1-15-8-16(2)10-18(9-15)27-13-21-24-20(11-22(26)25(21)29-14-27)19(12-23(28)30-24)17-6-4-3-5-7-17/h3-12H,13-14H2,1-2H3. The van der Waals surface area contributed by atoms with Crippen molar-refractivity contribution in [3.63, 3.8) is 0 Å². The van der Waals surface area contributed by atoms with Gasteiger partial charge in [-0.3, -0.25) is 0 Å². The molecule has 0 atom stereocenters. The Kier molecular flexibility index (Phi) is 4.52. The lowest BCUT2D eigenvalue weighted by molar-refractivity contribution is 0.289. The van der Waals surface area contributed by atoms with E-state index in [-0.39, 0.29) is 0 Å². The highest BCUT2D eigenvalue weighted by Crippen LogP contribution is 2.42. The fraction of sp³-hybridized carbons (Fsp3) is 0.160. The topological polar surface area (TPSA) is 42.7 Å². The van der Waals surface area contributed by atoms with Crippen molar-refractivity contribution in [2.45, 2.75) is 20.4 Å². The van der Waals surface area contributed by atoms with Gasteiger partial charge in [0.15, 0.2) is 6.73 Å². The van der Waals surface area contributed by atoms with Crippen LogP contribution in [0.4, 0.5) is 5.69 Å². The molecule has 1 aliphatic heterocycles. The highest BCUT2D eigenvalue weighted by Gasteiger charge is 2.26. The van der Waals surface area contributed by atoms with Crippen LogP contribution in [0, 0.1) is 13.8 Å². The maximum absolute atomic E-state index is 12.4. The molecular weight excluding hydrogens is 398 g/mol. The highest BCUT2D eigenvalue weighted by atomic mass is 35.5. The lowest BCUT2D eigenvalue weighted by atomic mass is 9.99. The summed E-state index contributed by atoms with van der Waals surface area (Å²) in [5, 5.41) is 1.32. The molecule has 3 aromatic carbocycles. The molecule has 0 unspecified atom stereocenters. The van der Waals surface area contributed by atoms with Crippen LogP contribution in [0.3, 0.4) is 0 Å². The fourth-order valence-corrected chi connectivity index (χ4v) is 4.42. The molecule has 30 heavy (non-hydrogen) atoms. The van der Waals surface area contributed by atoms with E-state index >= 15 is 0 Å². The highest BCUT2D eigenvalue weighted by molar-refractivity contribution is 6.33. The molecule has 0 fully saturated rings. The van der Waals surface area contributed by atoms with Crippen LogP contribution in [0.15, 0.2) is 69.9 Å². The number of benzene rings is 3. The molecule has 0 amide bonds. The molecule has 0 saturated carbocycles. The SMILES string of the molecule is Cc1cc(C)cc(N2COc3c(Cl)cc4c(-c5ccccc5)cc(=O)oc4c3C2)c1. The summed E-state index contributed by atoms with van der Waals surface area (Å²) in [6, 6.07) is 19.5. The zero-order chi connectivity index (χ0) is 20.8. The summed E-state index contributed by atoms with van der Waals surface area (Å²) in [4.78, 5) is 14.6. The maximum Gasteiger partial charge on any atom is 0.336 e. The van der Waals surface area contributed by atoms with Crippen molar-refractivity contribution in [2.75, 3.05) is 11.6 Å². The van der Waals surface area contributed by atoms with Crippen LogP contribution in [0.1, 0.15) is 16.7 Å². The first kappa shape index (κ1) is 18.8. The van der Waals surface area contributed by atoms with Crippen LogP contribution in [-0.2, 0) is 6.54 Å². The van der Waals surface area contributed by atoms with Crippen molar-refractivity contribution in [1.29, 1.82) is 0 Å². The van der Waals surface area contributed by atoms with Crippen molar-refractivity contribution in [3.05, 3.63) is 92.8 Å². The molecule has 0 bridgehead atoms. The van der Waals surface area contributed by atoms with E-state index in [4.69, 9.17) is 20.8 Å². The summed E-state index contributed by atoms with van der Waals surface area (Å²) in [6.07, 6.45) is 0. The van der Waals surface area contributed by atoms with Crippen LogP contribution in [0.25, 0.3) is 22.1 Å². The Bertz CT molecular complexity index is 1310. The number of hydrogen-bond donors (Lipinski definition) is 0. The lowest BCUT2D eigenvalue weighted by Crippen LogP contribution is -2.32. The molecule has 4 aromatic rings. The Morgan fingerprint density at radius 2 is 1.70 bits per heavy atom. The third-order valence-corrected chi connectivity index (χ3v) is 5.69. The van der Waals surface area contributed by atoms with Gasteiger partial charge in [0.25, 0.3) is 0 Å². The molecule has 1 aliphatic rings. The number of fused-ring (bicyclic) bond motifs is 3. The van der Waals surface area contributed by atoms with Crippen LogP contribution in [0.5, 0.6) is 5.75 Å². The smallest absolute Gasteiger partial charge is 0.336 e. The number of nitrogens with zero attached hydrogens (tertiary/aromatic N) is 1. The van der Waals surface area contributed by atoms with Gasteiger partial charge in [-0.2, -0.15) is 0 Å². The molecular formula is C25H20ClNO3. The molecule has 0 radical (unpaired) electrons. The predicted octanol–water partition coefficient (Wildman–Crippen LogP) is 6.09. The predicted molar refractivity (Wildman–Crippen MR) is 121 cm³/mol. The van der Waals surface area contributed by atoms with Crippen molar-refractivity contribution < 1.29 is 9.15 Å². The third kappa shape index (κ3) is 3.23. The quantitative estimate of drug-likeness (QED) is 0.370. The zero-order valence-electron chi connectivity index (χ0n) is 16.7. The largest absolute Gasteiger partial charge is 0.471 e. The van der Waals surface area contributed by atoms with E-state index in [2.05, 4.69) is 36.9 Å². The second-order valence-corrected chi connectivity index (χ2v) is 8.11. The number of hydrogen-bond acceptors (Lipinski definition) is 4. The summed E-state index contributed by atoms with van der Waals surface area (Å²) in [5.74, 6) is 0.582. The van der Waals surface area contributed by atoms with E-state index in [0.29, 0.717) is 29.6 Å². The first-order valence-corrected chi connectivity index (χ1v) is 10.2.